The van der Waals surface area contributed by atoms with Crippen LogP contribution in [0.1, 0.15) is 0 Å². The maximum Gasteiger partial charge on any atom is 0.161 e. The highest BCUT2D eigenvalue weighted by Gasteiger charge is 2.18. The molecule has 0 aliphatic carbocycles. The van der Waals surface area contributed by atoms with Gasteiger partial charge in [0.25, 0.3) is 0 Å². The Morgan fingerprint density at radius 3 is 1.63 bits per heavy atom. The number of benzene rings is 6. The predicted molar refractivity (Wildman–Crippen MR) is 203 cm³/mol. The SMILES string of the molecule is c1ccc(-c2ncc(-c3cccc(-c4cccc(-c5nc(-c6ccccc6)nc6sc7ccccc7c56)c4)c3)c(-c3ccccc3)n2)cc1. The molecular weight excluding hydrogens is 617 g/mol. The van der Waals surface area contributed by atoms with Crippen LogP contribution < -0.4 is 0 Å². The third-order valence-electron chi connectivity index (χ3n) is 8.78. The van der Waals surface area contributed by atoms with Crippen LogP contribution >= 0.6 is 11.3 Å². The van der Waals surface area contributed by atoms with Crippen LogP contribution in [0.5, 0.6) is 0 Å². The van der Waals surface area contributed by atoms with Crippen LogP contribution in [-0.4, -0.2) is 19.9 Å². The Labute approximate surface area is 288 Å². The standard InChI is InChI=1S/C44H28N4S/c1-4-14-29(15-5-1)40-37(28-45-42(46-40)30-16-6-2-7-17-30)34-22-12-20-32(26-34)33-21-13-23-35(27-33)41-39-36-24-10-11-25-38(36)49-44(39)48-43(47-41)31-18-8-3-9-19-31/h1-28H. The second kappa shape index (κ2) is 12.4. The van der Waals surface area contributed by atoms with E-state index in [0.29, 0.717) is 5.82 Å². The Morgan fingerprint density at radius 2 is 0.918 bits per heavy atom. The third kappa shape index (κ3) is 5.46. The van der Waals surface area contributed by atoms with Crippen molar-refractivity contribution in [3.63, 3.8) is 0 Å². The first-order valence-corrected chi connectivity index (χ1v) is 17.0. The summed E-state index contributed by atoms with van der Waals surface area (Å²) in [6.07, 6.45) is 1.96. The molecule has 230 valence electrons. The van der Waals surface area contributed by atoms with Gasteiger partial charge in [0.2, 0.25) is 0 Å². The minimum absolute atomic E-state index is 0.707. The molecule has 0 N–H and O–H groups in total. The molecule has 0 unspecified atom stereocenters. The van der Waals surface area contributed by atoms with Gasteiger partial charge in [-0.25, -0.2) is 19.9 Å². The normalized spacial score (nSPS) is 11.3. The average Bonchev–Trinajstić information content (AvgIpc) is 3.57. The summed E-state index contributed by atoms with van der Waals surface area (Å²) in [5, 5.41) is 2.27. The lowest BCUT2D eigenvalue weighted by molar-refractivity contribution is 1.18. The first kappa shape index (κ1) is 28.9. The molecule has 0 saturated heterocycles. The number of rotatable bonds is 6. The van der Waals surface area contributed by atoms with Crippen LogP contribution in [0, 0.1) is 0 Å². The van der Waals surface area contributed by atoms with Gasteiger partial charge in [-0.3, -0.25) is 0 Å². The number of aromatic nitrogens is 4. The largest absolute Gasteiger partial charge is 0.236 e. The van der Waals surface area contributed by atoms with Crippen LogP contribution in [0.2, 0.25) is 0 Å². The molecule has 9 rings (SSSR count). The van der Waals surface area contributed by atoms with Crippen LogP contribution in [0.3, 0.4) is 0 Å². The first-order valence-electron chi connectivity index (χ1n) is 16.2. The van der Waals surface area contributed by atoms with Crippen LogP contribution in [0.25, 0.3) is 87.8 Å². The van der Waals surface area contributed by atoms with E-state index in [-0.39, 0.29) is 0 Å². The van der Waals surface area contributed by atoms with Gasteiger partial charge in [-0.15, -0.1) is 11.3 Å². The van der Waals surface area contributed by atoms with E-state index in [4.69, 9.17) is 19.9 Å². The molecule has 0 spiro atoms. The highest BCUT2D eigenvalue weighted by Crippen LogP contribution is 2.41. The Hall–Kier alpha value is -6.30. The van der Waals surface area contributed by atoms with Gasteiger partial charge >= 0.3 is 0 Å². The van der Waals surface area contributed by atoms with E-state index in [0.717, 1.165) is 71.9 Å². The second-order valence-corrected chi connectivity index (χ2v) is 12.9. The van der Waals surface area contributed by atoms with Gasteiger partial charge < -0.3 is 0 Å². The van der Waals surface area contributed by atoms with E-state index in [1.807, 2.05) is 60.8 Å². The molecule has 5 heteroatoms. The van der Waals surface area contributed by atoms with Gasteiger partial charge in [-0.05, 0) is 34.9 Å². The summed E-state index contributed by atoms with van der Waals surface area (Å²) in [5.74, 6) is 1.44. The van der Waals surface area contributed by atoms with E-state index < -0.39 is 0 Å². The van der Waals surface area contributed by atoms with E-state index >= 15 is 0 Å². The van der Waals surface area contributed by atoms with Crippen molar-refractivity contribution in [3.8, 4) is 67.5 Å². The predicted octanol–water partition coefficient (Wildman–Crippen LogP) is 11.6. The Balaban J connectivity index is 1.17. The lowest BCUT2D eigenvalue weighted by Gasteiger charge is -2.13. The van der Waals surface area contributed by atoms with Gasteiger partial charge in [0.1, 0.15) is 4.83 Å². The maximum absolute atomic E-state index is 5.22. The summed E-state index contributed by atoms with van der Waals surface area (Å²) in [7, 11) is 0. The molecule has 4 nitrogen and oxygen atoms in total. The minimum Gasteiger partial charge on any atom is -0.236 e. The molecule has 0 radical (unpaired) electrons. The fourth-order valence-electron chi connectivity index (χ4n) is 6.40. The van der Waals surface area contributed by atoms with Crippen molar-refractivity contribution in [1.29, 1.82) is 0 Å². The monoisotopic (exact) mass is 644 g/mol. The van der Waals surface area contributed by atoms with E-state index in [9.17, 15) is 0 Å². The fourth-order valence-corrected chi connectivity index (χ4v) is 7.47. The summed E-state index contributed by atoms with van der Waals surface area (Å²) in [5.41, 5.74) is 10.2. The minimum atomic E-state index is 0.707. The molecule has 0 amide bonds. The van der Waals surface area contributed by atoms with Crippen molar-refractivity contribution >= 4 is 31.6 Å². The number of hydrogen-bond donors (Lipinski definition) is 0. The van der Waals surface area contributed by atoms with Gasteiger partial charge in [-0.1, -0.05) is 146 Å². The van der Waals surface area contributed by atoms with Gasteiger partial charge in [-0.2, -0.15) is 0 Å². The molecule has 9 aromatic rings. The molecule has 0 aliphatic rings. The zero-order valence-electron chi connectivity index (χ0n) is 26.4. The average molecular weight is 645 g/mol. The van der Waals surface area contributed by atoms with E-state index in [1.165, 1.54) is 10.1 Å². The number of thiophene rings is 1. The fraction of sp³-hybridized carbons (Fsp3) is 0. The van der Waals surface area contributed by atoms with E-state index in [2.05, 4.69) is 109 Å². The van der Waals surface area contributed by atoms with Gasteiger partial charge in [0, 0.05) is 49.5 Å². The molecule has 6 aromatic carbocycles. The summed E-state index contributed by atoms with van der Waals surface area (Å²) in [6.45, 7) is 0. The zero-order valence-corrected chi connectivity index (χ0v) is 27.2. The van der Waals surface area contributed by atoms with E-state index in [1.54, 1.807) is 11.3 Å². The molecule has 0 atom stereocenters. The molecule has 0 fully saturated rings. The molecule has 3 aromatic heterocycles. The summed E-state index contributed by atoms with van der Waals surface area (Å²) in [6, 6.07) is 56.5. The smallest absolute Gasteiger partial charge is 0.161 e. The van der Waals surface area contributed by atoms with Crippen molar-refractivity contribution in [2.75, 3.05) is 0 Å². The Morgan fingerprint density at radius 1 is 0.388 bits per heavy atom. The number of hydrogen-bond acceptors (Lipinski definition) is 5. The highest BCUT2D eigenvalue weighted by molar-refractivity contribution is 7.25. The molecule has 0 bridgehead atoms. The summed E-state index contributed by atoms with van der Waals surface area (Å²) >= 11 is 1.72. The maximum atomic E-state index is 5.22. The van der Waals surface area contributed by atoms with Crippen molar-refractivity contribution in [2.24, 2.45) is 0 Å². The lowest BCUT2D eigenvalue weighted by atomic mass is 9.95. The van der Waals surface area contributed by atoms with Crippen molar-refractivity contribution in [1.82, 2.24) is 19.9 Å². The van der Waals surface area contributed by atoms with Crippen LogP contribution in [0.4, 0.5) is 0 Å². The Bertz CT molecular complexity index is 2600. The second-order valence-electron chi connectivity index (χ2n) is 11.9. The number of nitrogens with zero attached hydrogens (tertiary/aromatic N) is 4. The van der Waals surface area contributed by atoms with Crippen LogP contribution in [-0.2, 0) is 0 Å². The first-order chi connectivity index (χ1) is 24.3. The molecule has 0 aliphatic heterocycles. The molecule has 3 heterocycles. The van der Waals surface area contributed by atoms with Crippen molar-refractivity contribution in [2.45, 2.75) is 0 Å². The lowest BCUT2D eigenvalue weighted by Crippen LogP contribution is -1.96. The molecular formula is C44H28N4S. The van der Waals surface area contributed by atoms with Gasteiger partial charge in [0.05, 0.1) is 11.4 Å². The summed E-state index contributed by atoms with van der Waals surface area (Å²) in [4.78, 5) is 21.2. The Kier molecular flexibility index (Phi) is 7.30. The topological polar surface area (TPSA) is 51.6 Å². The quantitative estimate of drug-likeness (QED) is 0.181. The summed E-state index contributed by atoms with van der Waals surface area (Å²) < 4.78 is 1.21. The third-order valence-corrected chi connectivity index (χ3v) is 9.85. The molecule has 49 heavy (non-hydrogen) atoms. The number of fused-ring (bicyclic) bond motifs is 3. The van der Waals surface area contributed by atoms with Crippen LogP contribution in [0.15, 0.2) is 170 Å². The van der Waals surface area contributed by atoms with Crippen molar-refractivity contribution < 1.29 is 0 Å². The molecule has 0 saturated carbocycles. The van der Waals surface area contributed by atoms with Gasteiger partial charge in [0.15, 0.2) is 11.6 Å². The van der Waals surface area contributed by atoms with Crippen molar-refractivity contribution in [3.05, 3.63) is 170 Å². The zero-order chi connectivity index (χ0) is 32.6. The highest BCUT2D eigenvalue weighted by atomic mass is 32.1.